The molecule has 0 aromatic heterocycles. The number of hydrogen-bond acceptors (Lipinski definition) is 6. The molecule has 274 valence electrons. The van der Waals surface area contributed by atoms with E-state index in [1.165, 1.54) is 109 Å². The molecule has 0 aromatic carbocycles. The van der Waals surface area contributed by atoms with Gasteiger partial charge in [0.2, 0.25) is 5.91 Å². The van der Waals surface area contributed by atoms with Gasteiger partial charge in [-0.2, -0.15) is 0 Å². The van der Waals surface area contributed by atoms with Crippen LogP contribution in [0.3, 0.4) is 0 Å². The molecule has 0 fully saturated rings. The van der Waals surface area contributed by atoms with Crippen LogP contribution in [0.15, 0.2) is 12.2 Å². The Balaban J connectivity index is 4.54. The van der Waals surface area contributed by atoms with E-state index in [0.29, 0.717) is 23.9 Å². The van der Waals surface area contributed by atoms with Gasteiger partial charge in [-0.05, 0) is 25.7 Å². The van der Waals surface area contributed by atoms with E-state index in [2.05, 4.69) is 25.2 Å². The van der Waals surface area contributed by atoms with Crippen LogP contribution in [0.2, 0.25) is 0 Å². The predicted octanol–water partition coefficient (Wildman–Crippen LogP) is 9.00. The third-order valence-electron chi connectivity index (χ3n) is 8.51. The molecule has 0 radical (unpaired) electrons. The molecule has 2 N–H and O–H groups in total. The lowest BCUT2D eigenvalue weighted by atomic mass is 10.0. The van der Waals surface area contributed by atoms with Crippen molar-refractivity contribution in [1.29, 1.82) is 0 Å². The summed E-state index contributed by atoms with van der Waals surface area (Å²) in [6.07, 6.45) is 30.8. The summed E-state index contributed by atoms with van der Waals surface area (Å²) in [4.78, 5) is 25.1. The fraction of sp³-hybridized carbons (Fsp3) is 0.919. The number of allylic oxidation sites excluding steroid dienone is 1. The van der Waals surface area contributed by atoms with Crippen molar-refractivity contribution in [3.63, 3.8) is 0 Å². The van der Waals surface area contributed by atoms with Crippen LogP contribution in [0, 0.1) is 0 Å². The highest BCUT2D eigenvalue weighted by atomic mass is 31.2. The van der Waals surface area contributed by atoms with E-state index in [9.17, 15) is 19.4 Å². The van der Waals surface area contributed by atoms with Gasteiger partial charge < -0.3 is 28.8 Å². The fourth-order valence-corrected chi connectivity index (χ4v) is 6.10. The van der Waals surface area contributed by atoms with Crippen LogP contribution in [0.5, 0.6) is 0 Å². The Morgan fingerprint density at radius 1 is 0.739 bits per heavy atom. The van der Waals surface area contributed by atoms with Gasteiger partial charge in [-0.25, -0.2) is 0 Å². The Bertz CT molecular complexity index is 773. The van der Waals surface area contributed by atoms with Gasteiger partial charge in [0.05, 0.1) is 39.9 Å². The molecular formula is C37H75N2O6P. The van der Waals surface area contributed by atoms with Gasteiger partial charge in [-0.1, -0.05) is 148 Å². The lowest BCUT2D eigenvalue weighted by molar-refractivity contribution is -0.870. The molecule has 9 heteroatoms. The third-order valence-corrected chi connectivity index (χ3v) is 9.47. The van der Waals surface area contributed by atoms with E-state index in [1.807, 2.05) is 27.2 Å². The molecule has 8 nitrogen and oxygen atoms in total. The Morgan fingerprint density at radius 3 is 1.67 bits per heavy atom. The van der Waals surface area contributed by atoms with Gasteiger partial charge in [-0.3, -0.25) is 9.36 Å². The molecule has 0 aromatic rings. The normalized spacial score (nSPS) is 14.8. The molecule has 1 amide bonds. The molecule has 0 saturated heterocycles. The first-order valence-electron chi connectivity index (χ1n) is 19.0. The maximum Gasteiger partial charge on any atom is 0.268 e. The smallest absolute Gasteiger partial charge is 0.268 e. The summed E-state index contributed by atoms with van der Waals surface area (Å²) in [7, 11) is 1.27. The average Bonchev–Trinajstić information content (AvgIpc) is 2.99. The summed E-state index contributed by atoms with van der Waals surface area (Å²) in [6, 6.07) is -0.841. The van der Waals surface area contributed by atoms with Crippen LogP contribution in [-0.2, 0) is 18.4 Å². The number of phosphoric ester groups is 1. The lowest BCUT2D eigenvalue weighted by Gasteiger charge is -2.29. The number of carbonyl (C=O) groups is 1. The van der Waals surface area contributed by atoms with Crippen molar-refractivity contribution in [2.75, 3.05) is 40.9 Å². The van der Waals surface area contributed by atoms with E-state index >= 15 is 0 Å². The molecule has 46 heavy (non-hydrogen) atoms. The molecule has 0 aliphatic carbocycles. The maximum absolute atomic E-state index is 12.7. The molecule has 1 unspecified atom stereocenters. The summed E-state index contributed by atoms with van der Waals surface area (Å²) in [5.41, 5.74) is 0. The second-order valence-corrected chi connectivity index (χ2v) is 15.7. The summed E-state index contributed by atoms with van der Waals surface area (Å²) in [6.45, 7) is 4.64. The predicted molar refractivity (Wildman–Crippen MR) is 192 cm³/mol. The van der Waals surface area contributed by atoms with Crippen molar-refractivity contribution in [2.45, 2.75) is 180 Å². The molecule has 0 heterocycles. The number of nitrogens with zero attached hydrogens (tertiary/aromatic N) is 1. The highest BCUT2D eigenvalue weighted by Gasteiger charge is 2.24. The number of unbranched alkanes of at least 4 members (excludes halogenated alkanes) is 20. The number of aliphatic hydroxyl groups is 1. The fourth-order valence-electron chi connectivity index (χ4n) is 5.38. The van der Waals surface area contributed by atoms with E-state index < -0.39 is 20.0 Å². The molecule has 0 spiro atoms. The molecule has 0 aliphatic rings. The molecule has 3 atom stereocenters. The molecule has 0 aliphatic heterocycles. The van der Waals surface area contributed by atoms with Crippen LogP contribution < -0.4 is 10.2 Å². The minimum absolute atomic E-state index is 0.00438. The zero-order valence-electron chi connectivity index (χ0n) is 30.8. The van der Waals surface area contributed by atoms with E-state index in [4.69, 9.17) is 9.05 Å². The number of carbonyl (C=O) groups excluding carboxylic acids is 1. The number of phosphoric acid groups is 1. The first-order chi connectivity index (χ1) is 22.0. The summed E-state index contributed by atoms with van der Waals surface area (Å²) >= 11 is 0. The van der Waals surface area contributed by atoms with Gasteiger partial charge in [0, 0.05) is 6.42 Å². The topological polar surface area (TPSA) is 108 Å². The second kappa shape index (κ2) is 30.3. The van der Waals surface area contributed by atoms with Crippen molar-refractivity contribution in [3.05, 3.63) is 12.2 Å². The molecular weight excluding hydrogens is 599 g/mol. The molecule has 0 rings (SSSR count). The number of nitrogens with one attached hydrogen (secondary N) is 1. The van der Waals surface area contributed by atoms with Crippen LogP contribution >= 0.6 is 7.82 Å². The Morgan fingerprint density at radius 2 is 1.20 bits per heavy atom. The van der Waals surface area contributed by atoms with Crippen molar-refractivity contribution < 1.29 is 32.9 Å². The highest BCUT2D eigenvalue weighted by Crippen LogP contribution is 2.38. The van der Waals surface area contributed by atoms with Gasteiger partial charge in [0.25, 0.3) is 7.82 Å². The van der Waals surface area contributed by atoms with E-state index in [1.54, 1.807) is 0 Å². The third kappa shape index (κ3) is 31.8. The van der Waals surface area contributed by atoms with Crippen molar-refractivity contribution in [2.24, 2.45) is 0 Å². The largest absolute Gasteiger partial charge is 0.756 e. The number of likely N-dealkylation sites (N-methyl/N-ethyl adjacent to an activating group) is 1. The van der Waals surface area contributed by atoms with Crippen molar-refractivity contribution >= 4 is 13.7 Å². The van der Waals surface area contributed by atoms with Gasteiger partial charge in [0.15, 0.2) is 0 Å². The minimum Gasteiger partial charge on any atom is -0.756 e. The summed E-state index contributed by atoms with van der Waals surface area (Å²) in [5, 5.41) is 13.7. The number of hydrogen-bond donors (Lipinski definition) is 2. The number of aliphatic hydroxyl groups excluding tert-OH is 1. The Kier molecular flexibility index (Phi) is 29.8. The quantitative estimate of drug-likeness (QED) is 0.0305. The number of amides is 1. The zero-order chi connectivity index (χ0) is 34.4. The summed E-state index contributed by atoms with van der Waals surface area (Å²) < 4.78 is 23.1. The average molecular weight is 675 g/mol. The van der Waals surface area contributed by atoms with Crippen molar-refractivity contribution in [1.82, 2.24) is 5.32 Å². The van der Waals surface area contributed by atoms with Crippen LogP contribution in [0.4, 0.5) is 0 Å². The molecule has 0 bridgehead atoms. The SMILES string of the molecule is CCCCCCCCCCCCC=CC[C@@H](O)[C@H](COP(=O)([O-])OCC[N+](C)(C)C)NC(=O)CCCCCCCCCCCCC. The van der Waals surface area contributed by atoms with E-state index in [0.717, 1.165) is 32.1 Å². The first kappa shape index (κ1) is 45.2. The zero-order valence-corrected chi connectivity index (χ0v) is 31.7. The van der Waals surface area contributed by atoms with E-state index in [-0.39, 0.29) is 19.1 Å². The standard InChI is InChI=1S/C37H75N2O6P/c1-6-8-10-12-14-16-18-19-21-22-24-26-28-30-36(40)35(34-45-46(42,43)44-33-32-39(3,4)5)38-37(41)31-29-27-25-23-20-17-15-13-11-9-7-2/h26,28,35-36,40H,6-25,27,29-34H2,1-5H3,(H-,38,41,42,43)/t35-,36+/m0/s1. The van der Waals surface area contributed by atoms with Gasteiger partial charge in [-0.15, -0.1) is 0 Å². The number of rotatable bonds is 34. The lowest BCUT2D eigenvalue weighted by Crippen LogP contribution is -2.46. The Hall–Kier alpha value is -0.760. The van der Waals surface area contributed by atoms with Crippen LogP contribution in [-0.4, -0.2) is 68.5 Å². The van der Waals surface area contributed by atoms with Crippen LogP contribution in [0.25, 0.3) is 0 Å². The monoisotopic (exact) mass is 675 g/mol. The Labute approximate surface area is 284 Å². The second-order valence-electron chi connectivity index (χ2n) is 14.3. The van der Waals surface area contributed by atoms with Crippen LogP contribution in [0.1, 0.15) is 168 Å². The summed E-state index contributed by atoms with van der Waals surface area (Å²) in [5.74, 6) is -0.190. The van der Waals surface area contributed by atoms with Gasteiger partial charge >= 0.3 is 0 Å². The van der Waals surface area contributed by atoms with Crippen molar-refractivity contribution in [3.8, 4) is 0 Å². The molecule has 0 saturated carbocycles. The minimum atomic E-state index is -4.56. The maximum atomic E-state index is 12.7. The van der Waals surface area contributed by atoms with Gasteiger partial charge in [0.1, 0.15) is 13.2 Å². The first-order valence-corrected chi connectivity index (χ1v) is 20.5. The highest BCUT2D eigenvalue weighted by molar-refractivity contribution is 7.45. The number of quaternary nitrogens is 1.